The van der Waals surface area contributed by atoms with E-state index in [9.17, 15) is 24.1 Å². The number of aromatic amines is 1. The van der Waals surface area contributed by atoms with Gasteiger partial charge in [0, 0.05) is 18.3 Å². The van der Waals surface area contributed by atoms with Gasteiger partial charge in [-0.15, -0.1) is 0 Å². The van der Waals surface area contributed by atoms with E-state index in [1.54, 1.807) is 6.07 Å². The van der Waals surface area contributed by atoms with Crippen LogP contribution in [0.2, 0.25) is 0 Å². The van der Waals surface area contributed by atoms with Gasteiger partial charge in [-0.2, -0.15) is 0 Å². The van der Waals surface area contributed by atoms with Gasteiger partial charge in [0.1, 0.15) is 11.5 Å². The van der Waals surface area contributed by atoms with Crippen LogP contribution < -0.4 is 5.32 Å². The van der Waals surface area contributed by atoms with Crippen LogP contribution in [0.4, 0.5) is 15.8 Å². The first-order valence-electron chi connectivity index (χ1n) is 6.01. The number of nitro groups is 1. The lowest BCUT2D eigenvalue weighted by molar-refractivity contribution is -0.384. The smallest absolute Gasteiger partial charge is 0.355 e. The number of anilines is 1. The number of hydrogen-bond acceptors (Lipinski definition) is 5. The summed E-state index contributed by atoms with van der Waals surface area (Å²) in [5.74, 6) is -2.41. The van der Waals surface area contributed by atoms with Crippen molar-refractivity contribution in [2.45, 2.75) is 0 Å². The van der Waals surface area contributed by atoms with Crippen LogP contribution in [-0.2, 0) is 9.53 Å². The number of nitro benzene ring substituents is 1. The fourth-order valence-corrected chi connectivity index (χ4v) is 1.58. The Morgan fingerprint density at radius 2 is 2.14 bits per heavy atom. The average Bonchev–Trinajstić information content (AvgIpc) is 3.01. The van der Waals surface area contributed by atoms with E-state index in [1.807, 2.05) is 0 Å². The molecule has 2 rings (SSSR count). The van der Waals surface area contributed by atoms with E-state index in [1.165, 1.54) is 12.3 Å². The van der Waals surface area contributed by atoms with Gasteiger partial charge in [0.2, 0.25) is 0 Å². The van der Waals surface area contributed by atoms with E-state index in [2.05, 4.69) is 10.3 Å². The molecule has 0 saturated carbocycles. The number of nitrogens with zero attached hydrogens (tertiary/aromatic N) is 1. The second kappa shape index (κ2) is 6.48. The highest BCUT2D eigenvalue weighted by atomic mass is 19.1. The Balaban J connectivity index is 1.96. The number of carbonyl (C=O) groups excluding carboxylic acids is 2. The molecule has 0 aliphatic heterocycles. The summed E-state index contributed by atoms with van der Waals surface area (Å²) in [6.07, 6.45) is 1.51. The van der Waals surface area contributed by atoms with Crippen molar-refractivity contribution in [1.82, 2.24) is 4.98 Å². The van der Waals surface area contributed by atoms with Crippen molar-refractivity contribution in [1.29, 1.82) is 0 Å². The molecule has 8 nitrogen and oxygen atoms in total. The molecule has 0 aliphatic carbocycles. The lowest BCUT2D eigenvalue weighted by Crippen LogP contribution is -2.21. The molecule has 1 aromatic carbocycles. The third kappa shape index (κ3) is 3.66. The number of hydrogen-bond donors (Lipinski definition) is 2. The van der Waals surface area contributed by atoms with Crippen LogP contribution in [-0.4, -0.2) is 28.4 Å². The maximum atomic E-state index is 13.5. The summed E-state index contributed by atoms with van der Waals surface area (Å²) < 4.78 is 18.2. The summed E-state index contributed by atoms with van der Waals surface area (Å²) in [5.41, 5.74) is -0.579. The number of benzene rings is 1. The molecule has 1 amide bonds. The molecule has 0 atom stereocenters. The molecule has 1 aromatic heterocycles. The highest BCUT2D eigenvalue weighted by Gasteiger charge is 2.15. The summed E-state index contributed by atoms with van der Waals surface area (Å²) >= 11 is 0. The molecular weight excluding hydrogens is 297 g/mol. The molecule has 0 spiro atoms. The van der Waals surface area contributed by atoms with Gasteiger partial charge in [0.05, 0.1) is 10.6 Å². The number of rotatable bonds is 5. The SMILES string of the molecule is O=C(COC(=O)c1ccc[nH]1)Nc1cc([N+](=O)[O-])ccc1F. The third-order valence-corrected chi connectivity index (χ3v) is 2.59. The van der Waals surface area contributed by atoms with Crippen LogP contribution in [0.1, 0.15) is 10.5 Å². The highest BCUT2D eigenvalue weighted by Crippen LogP contribution is 2.21. The number of amides is 1. The van der Waals surface area contributed by atoms with Gasteiger partial charge < -0.3 is 15.0 Å². The van der Waals surface area contributed by atoms with Gasteiger partial charge in [0.25, 0.3) is 11.6 Å². The Morgan fingerprint density at radius 1 is 1.36 bits per heavy atom. The maximum absolute atomic E-state index is 13.5. The first-order chi connectivity index (χ1) is 10.5. The number of aromatic nitrogens is 1. The predicted molar refractivity (Wildman–Crippen MR) is 72.8 cm³/mol. The first kappa shape index (κ1) is 15.2. The number of H-pyrrole nitrogens is 1. The summed E-state index contributed by atoms with van der Waals surface area (Å²) in [6.45, 7) is -0.653. The standard InChI is InChI=1S/C13H10FN3O5/c14-9-4-3-8(17(20)21)6-11(9)16-12(18)7-22-13(19)10-2-1-5-15-10/h1-6,15H,7H2,(H,16,18). The zero-order chi connectivity index (χ0) is 16.1. The van der Waals surface area contributed by atoms with Gasteiger partial charge in [-0.1, -0.05) is 0 Å². The summed E-state index contributed by atoms with van der Waals surface area (Å²) in [6, 6.07) is 5.74. The molecule has 0 aliphatic rings. The third-order valence-electron chi connectivity index (χ3n) is 2.59. The molecule has 0 unspecified atom stereocenters. The summed E-state index contributed by atoms with van der Waals surface area (Å²) in [4.78, 5) is 35.5. The van der Waals surface area contributed by atoms with E-state index in [4.69, 9.17) is 4.74 Å². The van der Waals surface area contributed by atoms with Crippen LogP contribution in [0.5, 0.6) is 0 Å². The van der Waals surface area contributed by atoms with E-state index < -0.39 is 29.2 Å². The minimum Gasteiger partial charge on any atom is -0.451 e. The minimum absolute atomic E-state index is 0.161. The van der Waals surface area contributed by atoms with E-state index in [-0.39, 0.29) is 17.1 Å². The Hall–Kier alpha value is -3.23. The maximum Gasteiger partial charge on any atom is 0.355 e. The molecule has 0 saturated heterocycles. The molecule has 0 fully saturated rings. The van der Waals surface area contributed by atoms with Gasteiger partial charge in [-0.25, -0.2) is 9.18 Å². The minimum atomic E-state index is -0.838. The van der Waals surface area contributed by atoms with Gasteiger partial charge >= 0.3 is 5.97 Å². The monoisotopic (exact) mass is 307 g/mol. The van der Waals surface area contributed by atoms with Gasteiger partial charge in [-0.3, -0.25) is 14.9 Å². The number of esters is 1. The fourth-order valence-electron chi connectivity index (χ4n) is 1.58. The molecule has 0 bridgehead atoms. The van der Waals surface area contributed by atoms with Gasteiger partial charge in [0.15, 0.2) is 6.61 Å². The van der Waals surface area contributed by atoms with Crippen molar-refractivity contribution >= 4 is 23.3 Å². The Morgan fingerprint density at radius 3 is 2.77 bits per heavy atom. The lowest BCUT2D eigenvalue weighted by Gasteiger charge is -2.07. The molecule has 2 aromatic rings. The summed E-state index contributed by atoms with van der Waals surface area (Å²) in [5, 5.41) is 12.7. The van der Waals surface area contributed by atoms with Crippen molar-refractivity contribution in [3.8, 4) is 0 Å². The van der Waals surface area contributed by atoms with Crippen LogP contribution in [0.15, 0.2) is 36.5 Å². The van der Waals surface area contributed by atoms with Crippen LogP contribution in [0.25, 0.3) is 0 Å². The highest BCUT2D eigenvalue weighted by molar-refractivity contribution is 5.95. The Kier molecular flexibility index (Phi) is 4.47. The Bertz CT molecular complexity index is 714. The van der Waals surface area contributed by atoms with Crippen LogP contribution >= 0.6 is 0 Å². The zero-order valence-electron chi connectivity index (χ0n) is 11.0. The van der Waals surface area contributed by atoms with E-state index >= 15 is 0 Å². The van der Waals surface area contributed by atoms with Crippen molar-refractivity contribution in [3.05, 3.63) is 58.2 Å². The van der Waals surface area contributed by atoms with E-state index in [0.717, 1.165) is 18.2 Å². The van der Waals surface area contributed by atoms with Crippen molar-refractivity contribution in [3.63, 3.8) is 0 Å². The molecule has 114 valence electrons. The molecule has 0 radical (unpaired) electrons. The second-order valence-corrected chi connectivity index (χ2v) is 4.13. The number of non-ortho nitro benzene ring substituents is 1. The number of halogens is 1. The van der Waals surface area contributed by atoms with Crippen molar-refractivity contribution in [2.75, 3.05) is 11.9 Å². The fraction of sp³-hybridized carbons (Fsp3) is 0.0769. The quantitative estimate of drug-likeness (QED) is 0.497. The average molecular weight is 307 g/mol. The van der Waals surface area contributed by atoms with E-state index in [0.29, 0.717) is 0 Å². The zero-order valence-corrected chi connectivity index (χ0v) is 11.0. The largest absolute Gasteiger partial charge is 0.451 e. The molecule has 22 heavy (non-hydrogen) atoms. The first-order valence-corrected chi connectivity index (χ1v) is 6.01. The topological polar surface area (TPSA) is 114 Å². The second-order valence-electron chi connectivity index (χ2n) is 4.13. The van der Waals surface area contributed by atoms with Crippen LogP contribution in [0, 0.1) is 15.9 Å². The molecular formula is C13H10FN3O5. The van der Waals surface area contributed by atoms with Gasteiger partial charge in [-0.05, 0) is 18.2 Å². The summed E-state index contributed by atoms with van der Waals surface area (Å²) in [7, 11) is 0. The number of ether oxygens (including phenoxy) is 1. The molecule has 9 heteroatoms. The lowest BCUT2D eigenvalue weighted by atomic mass is 10.2. The number of nitrogens with one attached hydrogen (secondary N) is 2. The number of carbonyl (C=O) groups is 2. The normalized spacial score (nSPS) is 10.0. The Labute approximate surface area is 123 Å². The van der Waals surface area contributed by atoms with Crippen molar-refractivity contribution in [2.24, 2.45) is 0 Å². The van der Waals surface area contributed by atoms with Crippen LogP contribution in [0.3, 0.4) is 0 Å². The molecule has 2 N–H and O–H groups in total. The molecule has 1 heterocycles. The van der Waals surface area contributed by atoms with Crippen molar-refractivity contribution < 1.29 is 23.6 Å². The predicted octanol–water partition coefficient (Wildman–Crippen LogP) is 1.86.